The Morgan fingerprint density at radius 3 is 0.770 bits per heavy atom. The first-order valence-corrected chi connectivity index (χ1v) is 24.8. The molecule has 0 N–H and O–H groups in total. The SMILES string of the molecule is C.CCOCc1cc(C(C)(C)C)cc(COCC)c1S(F)(F)F.CCOCc1cc(C(C)(C)C)cc(COCC)c1SSc1c(COCC)cc(C(C)(C)C)cc1COCC. The van der Waals surface area contributed by atoms with Crippen molar-refractivity contribution >= 4 is 32.8 Å². The summed E-state index contributed by atoms with van der Waals surface area (Å²) in [5, 5.41) is 0. The fraction of sp³-hybridized carbons (Fsp3) is 0.633. The predicted molar refractivity (Wildman–Crippen MR) is 255 cm³/mol. The average Bonchev–Trinajstić information content (AvgIpc) is 3.16. The molecule has 61 heavy (non-hydrogen) atoms. The van der Waals surface area contributed by atoms with Crippen molar-refractivity contribution in [3.8, 4) is 0 Å². The minimum atomic E-state index is -5.35. The highest BCUT2D eigenvalue weighted by Crippen LogP contribution is 2.63. The maximum absolute atomic E-state index is 13.6. The largest absolute Gasteiger partial charge is 0.377 e. The lowest BCUT2D eigenvalue weighted by Gasteiger charge is -2.26. The predicted octanol–water partition coefficient (Wildman–Crippen LogP) is 15.7. The van der Waals surface area contributed by atoms with Crippen molar-refractivity contribution in [2.75, 3.05) is 39.6 Å². The smallest absolute Gasteiger partial charge is 0.238 e. The van der Waals surface area contributed by atoms with E-state index in [0.29, 0.717) is 66.1 Å². The van der Waals surface area contributed by atoms with Gasteiger partial charge < -0.3 is 28.4 Å². The lowest BCUT2D eigenvalue weighted by molar-refractivity contribution is 0.126. The summed E-state index contributed by atoms with van der Waals surface area (Å²) < 4.78 is 75.0. The van der Waals surface area contributed by atoms with Gasteiger partial charge in [0.05, 0.1) is 44.5 Å². The molecule has 0 fully saturated rings. The third-order valence-electron chi connectivity index (χ3n) is 9.54. The summed E-state index contributed by atoms with van der Waals surface area (Å²) in [7, 11) is 3.60. The van der Waals surface area contributed by atoms with Crippen molar-refractivity contribution in [3.63, 3.8) is 0 Å². The second kappa shape index (κ2) is 26.9. The van der Waals surface area contributed by atoms with Crippen LogP contribution in [0.3, 0.4) is 0 Å². The third-order valence-corrected chi connectivity index (χ3v) is 13.2. The molecule has 0 unspecified atom stereocenters. The van der Waals surface area contributed by atoms with Gasteiger partial charge in [0.15, 0.2) is 0 Å². The monoisotopic (exact) mass is 916 g/mol. The minimum absolute atomic E-state index is 0. The van der Waals surface area contributed by atoms with Gasteiger partial charge in [-0.05, 0) is 108 Å². The van der Waals surface area contributed by atoms with E-state index in [4.69, 9.17) is 28.4 Å². The normalized spacial score (nSPS) is 12.6. The van der Waals surface area contributed by atoms with Gasteiger partial charge in [-0.1, -0.05) is 128 Å². The van der Waals surface area contributed by atoms with Crippen LogP contribution >= 0.6 is 32.8 Å². The van der Waals surface area contributed by atoms with Crippen molar-refractivity contribution in [2.24, 2.45) is 0 Å². The summed E-state index contributed by atoms with van der Waals surface area (Å²) >= 11 is -5.35. The fourth-order valence-electron chi connectivity index (χ4n) is 6.07. The van der Waals surface area contributed by atoms with Crippen molar-refractivity contribution in [2.45, 2.75) is 182 Å². The minimum Gasteiger partial charge on any atom is -0.377 e. The molecule has 0 radical (unpaired) electrons. The molecule has 0 atom stereocenters. The second-order valence-corrected chi connectivity index (χ2v) is 20.9. The first-order valence-electron chi connectivity index (χ1n) is 21.3. The van der Waals surface area contributed by atoms with Crippen LogP contribution < -0.4 is 0 Å². The number of halogens is 3. The van der Waals surface area contributed by atoms with E-state index in [0.717, 1.165) is 5.56 Å². The van der Waals surface area contributed by atoms with Crippen LogP contribution in [-0.4, -0.2) is 39.6 Å². The van der Waals surface area contributed by atoms with Crippen molar-refractivity contribution < 1.29 is 40.1 Å². The Morgan fingerprint density at radius 1 is 0.393 bits per heavy atom. The molecule has 0 bridgehead atoms. The van der Waals surface area contributed by atoms with E-state index >= 15 is 0 Å². The Morgan fingerprint density at radius 2 is 0.590 bits per heavy atom. The summed E-state index contributed by atoms with van der Waals surface area (Å²) in [6.07, 6.45) is 0. The van der Waals surface area contributed by atoms with Gasteiger partial charge in [-0.15, -0.1) is 11.7 Å². The van der Waals surface area contributed by atoms with E-state index in [1.165, 1.54) is 43.2 Å². The van der Waals surface area contributed by atoms with Gasteiger partial charge in [-0.3, -0.25) is 0 Å². The van der Waals surface area contributed by atoms with Gasteiger partial charge in [-0.2, -0.15) is 0 Å². The number of hydrogen-bond donors (Lipinski definition) is 0. The Hall–Kier alpha value is -1.74. The van der Waals surface area contributed by atoms with Gasteiger partial charge in [0.2, 0.25) is 11.2 Å². The van der Waals surface area contributed by atoms with E-state index in [-0.39, 0.29) is 48.0 Å². The molecule has 3 aromatic rings. The molecule has 0 aliphatic carbocycles. The first kappa shape index (κ1) is 57.3. The lowest BCUT2D eigenvalue weighted by Crippen LogP contribution is -2.14. The van der Waals surface area contributed by atoms with Gasteiger partial charge >= 0.3 is 0 Å². The molecule has 350 valence electrons. The van der Waals surface area contributed by atoms with Crippen LogP contribution in [0.2, 0.25) is 0 Å². The summed E-state index contributed by atoms with van der Waals surface area (Å²) in [6, 6.07) is 12.5. The van der Waals surface area contributed by atoms with Crippen LogP contribution in [0.15, 0.2) is 51.1 Å². The molecular formula is C49H79F3O6S3. The Kier molecular flexibility index (Phi) is 25.3. The zero-order chi connectivity index (χ0) is 45.3. The number of ether oxygens (including phenoxy) is 6. The van der Waals surface area contributed by atoms with Crippen LogP contribution in [0.25, 0.3) is 0 Å². The standard InChI is InChI=1S/C32H50O4S2.C16H25F3O2S.CH4/c1-11-33-19-23-15-27(31(5,6)7)16-24(20-34-12-2)29(23)37-38-30-25(21-35-13-3)17-28(32(8,9)10)18-26(30)22-36-14-4;1-6-20-10-12-8-14(16(3,4)5)9-13(11-21-7-2)15(12)22(17,18)19;/h15-18H,11-14,19-22H2,1-10H3;8-9H,6-7,10-11H2,1-5H3;1H4. The van der Waals surface area contributed by atoms with Crippen molar-refractivity contribution in [1.82, 2.24) is 0 Å². The topological polar surface area (TPSA) is 55.4 Å². The van der Waals surface area contributed by atoms with E-state index in [9.17, 15) is 11.7 Å². The third kappa shape index (κ3) is 18.7. The number of rotatable bonds is 22. The van der Waals surface area contributed by atoms with E-state index in [2.05, 4.69) is 65.8 Å². The number of benzene rings is 3. The molecule has 0 aliphatic heterocycles. The van der Waals surface area contributed by atoms with Crippen molar-refractivity contribution in [3.05, 3.63) is 86.5 Å². The average molecular weight is 917 g/mol. The summed E-state index contributed by atoms with van der Waals surface area (Å²) in [6.45, 7) is 37.0. The second-order valence-electron chi connectivity index (χ2n) is 17.5. The van der Waals surface area contributed by atoms with Crippen LogP contribution in [0.5, 0.6) is 0 Å². The quantitative estimate of drug-likeness (QED) is 0.0924. The maximum Gasteiger partial charge on any atom is 0.238 e. The molecule has 3 aromatic carbocycles. The van der Waals surface area contributed by atoms with E-state index < -0.39 is 16.1 Å². The fourth-order valence-corrected chi connectivity index (χ4v) is 9.75. The van der Waals surface area contributed by atoms with Crippen LogP contribution in [0.4, 0.5) is 11.7 Å². The molecule has 0 heterocycles. The zero-order valence-electron chi connectivity index (χ0n) is 39.3. The molecule has 0 aliphatic rings. The molecular weight excluding hydrogens is 838 g/mol. The molecule has 0 aromatic heterocycles. The molecule has 0 saturated carbocycles. The summed E-state index contributed by atoms with van der Waals surface area (Å²) in [4.78, 5) is 1.92. The highest BCUT2D eigenvalue weighted by molar-refractivity contribution is 8.76. The number of hydrogen-bond acceptors (Lipinski definition) is 8. The zero-order valence-corrected chi connectivity index (χ0v) is 41.7. The van der Waals surface area contributed by atoms with Gasteiger partial charge in [-0.25, -0.2) is 0 Å². The highest BCUT2D eigenvalue weighted by Gasteiger charge is 2.33. The first-order chi connectivity index (χ1) is 28.1. The van der Waals surface area contributed by atoms with Crippen LogP contribution in [-0.2, 0) is 84.3 Å². The Balaban J connectivity index is 0.000000689. The Bertz CT molecular complexity index is 1570. The van der Waals surface area contributed by atoms with E-state index in [1.807, 2.05) is 48.5 Å². The molecule has 0 spiro atoms. The van der Waals surface area contributed by atoms with Gasteiger partial charge in [0.25, 0.3) is 0 Å². The molecule has 12 heteroatoms. The van der Waals surface area contributed by atoms with Crippen molar-refractivity contribution in [1.29, 1.82) is 0 Å². The van der Waals surface area contributed by atoms with Gasteiger partial charge in [0, 0.05) is 49.4 Å². The van der Waals surface area contributed by atoms with Crippen LogP contribution in [0, 0.1) is 0 Å². The lowest BCUT2D eigenvalue weighted by atomic mass is 9.85. The van der Waals surface area contributed by atoms with Crippen LogP contribution in [0.1, 0.15) is 161 Å². The molecule has 6 nitrogen and oxygen atoms in total. The Labute approximate surface area is 379 Å². The summed E-state index contributed by atoms with van der Waals surface area (Å²) in [5.41, 5.74) is 8.62. The highest BCUT2D eigenvalue weighted by atomic mass is 33.1. The van der Waals surface area contributed by atoms with E-state index in [1.54, 1.807) is 47.6 Å². The van der Waals surface area contributed by atoms with Gasteiger partial charge in [0.1, 0.15) is 0 Å². The summed E-state index contributed by atoms with van der Waals surface area (Å²) in [5.74, 6) is 0. The molecule has 0 saturated heterocycles. The molecule has 0 amide bonds. The maximum atomic E-state index is 13.6. The molecule has 3 rings (SSSR count).